The largest absolute Gasteiger partial charge is 0.352 e. The number of fused-ring (bicyclic) bond motifs is 1. The topological polar surface area (TPSA) is 74.5 Å². The summed E-state index contributed by atoms with van der Waals surface area (Å²) in [5, 5.41) is 7.34. The quantitative estimate of drug-likeness (QED) is 0.337. The average Bonchev–Trinajstić information content (AvgIpc) is 3.45. The summed E-state index contributed by atoms with van der Waals surface area (Å²) in [5.74, 6) is 1.44. The second-order valence-corrected chi connectivity index (χ2v) is 11.1. The van der Waals surface area contributed by atoms with Gasteiger partial charge in [-0.1, -0.05) is 78.0 Å². The van der Waals surface area contributed by atoms with Gasteiger partial charge in [-0.15, -0.1) is 0 Å². The van der Waals surface area contributed by atoms with E-state index in [1.807, 2.05) is 31.2 Å². The van der Waals surface area contributed by atoms with E-state index in [1.54, 1.807) is 0 Å². The van der Waals surface area contributed by atoms with Crippen LogP contribution in [0.1, 0.15) is 46.5 Å². The highest BCUT2D eigenvalue weighted by Crippen LogP contribution is 2.23. The molecule has 6 rings (SSSR count). The predicted octanol–water partition coefficient (Wildman–Crippen LogP) is 5.13. The van der Waals surface area contributed by atoms with E-state index in [-0.39, 0.29) is 11.8 Å². The molecule has 7 heteroatoms. The second-order valence-electron chi connectivity index (χ2n) is 11.1. The van der Waals surface area contributed by atoms with E-state index in [1.165, 1.54) is 16.7 Å². The van der Waals surface area contributed by atoms with Crippen molar-refractivity contribution in [2.45, 2.75) is 52.4 Å². The number of nitrogens with zero attached hydrogens (tertiary/aromatic N) is 4. The Morgan fingerprint density at radius 2 is 1.60 bits per heavy atom. The first-order valence-electron chi connectivity index (χ1n) is 14.4. The number of aromatic nitrogens is 2. The Labute approximate surface area is 236 Å². The Morgan fingerprint density at radius 1 is 0.875 bits per heavy atom. The van der Waals surface area contributed by atoms with Crippen molar-refractivity contribution in [3.8, 4) is 11.4 Å². The number of likely N-dealkylation sites (tertiary alicyclic amines) is 1. The molecular weight excluding hydrogens is 498 g/mol. The maximum Gasteiger partial charge on any atom is 0.241 e. The lowest BCUT2D eigenvalue weighted by Crippen LogP contribution is -2.40. The number of amides is 1. The molecule has 1 fully saturated rings. The molecular formula is C33H37N5O2. The summed E-state index contributed by atoms with van der Waals surface area (Å²) in [5.41, 5.74) is 7.50. The lowest BCUT2D eigenvalue weighted by molar-refractivity contribution is -0.126. The highest BCUT2D eigenvalue weighted by atomic mass is 16.5. The van der Waals surface area contributed by atoms with Crippen LogP contribution in [-0.4, -0.2) is 45.5 Å². The minimum absolute atomic E-state index is 0.0442. The zero-order valence-corrected chi connectivity index (χ0v) is 23.2. The molecule has 206 valence electrons. The summed E-state index contributed by atoms with van der Waals surface area (Å²) >= 11 is 0. The molecule has 1 aromatic heterocycles. The maximum atomic E-state index is 12.9. The molecule has 0 aliphatic carbocycles. The van der Waals surface area contributed by atoms with E-state index in [0.717, 1.165) is 68.7 Å². The number of aryl methyl sites for hydroxylation is 1. The van der Waals surface area contributed by atoms with Crippen LogP contribution in [0.4, 0.5) is 0 Å². The summed E-state index contributed by atoms with van der Waals surface area (Å²) in [7, 11) is 0. The van der Waals surface area contributed by atoms with Gasteiger partial charge in [0.05, 0.1) is 6.54 Å². The Kier molecular flexibility index (Phi) is 8.02. The van der Waals surface area contributed by atoms with Crippen molar-refractivity contribution in [2.75, 3.05) is 19.6 Å². The van der Waals surface area contributed by atoms with Gasteiger partial charge in [0.25, 0.3) is 0 Å². The third-order valence-electron chi connectivity index (χ3n) is 8.28. The molecule has 4 aromatic rings. The first-order chi connectivity index (χ1) is 19.6. The molecule has 2 aliphatic rings. The van der Waals surface area contributed by atoms with Crippen molar-refractivity contribution in [1.82, 2.24) is 25.3 Å². The standard InChI is InChI=1S/C33H37N5O2/c1-24-6-2-5-9-30(24)32-35-31(40-36-32)23-37-17-15-28(16-18-37)33(39)34-20-25-10-12-26(13-11-25)21-38-19-14-27-7-3-4-8-29(27)22-38/h2-13,28H,14-23H2,1H3,(H,34,39). The second kappa shape index (κ2) is 12.1. The van der Waals surface area contributed by atoms with Crippen LogP contribution in [0.15, 0.2) is 77.3 Å². The molecule has 0 radical (unpaired) electrons. The third kappa shape index (κ3) is 6.32. The minimum atomic E-state index is 0.0442. The van der Waals surface area contributed by atoms with Gasteiger partial charge in [-0.3, -0.25) is 14.6 Å². The van der Waals surface area contributed by atoms with Crippen molar-refractivity contribution >= 4 is 5.91 Å². The van der Waals surface area contributed by atoms with Crippen LogP contribution in [0, 0.1) is 12.8 Å². The number of nitrogens with one attached hydrogen (secondary N) is 1. The van der Waals surface area contributed by atoms with Gasteiger partial charge in [-0.25, -0.2) is 0 Å². The molecule has 0 spiro atoms. The zero-order valence-electron chi connectivity index (χ0n) is 23.2. The van der Waals surface area contributed by atoms with Gasteiger partial charge in [0, 0.05) is 37.7 Å². The van der Waals surface area contributed by atoms with Gasteiger partial charge < -0.3 is 9.84 Å². The van der Waals surface area contributed by atoms with Crippen LogP contribution >= 0.6 is 0 Å². The maximum absolute atomic E-state index is 12.9. The molecule has 7 nitrogen and oxygen atoms in total. The number of hydrogen-bond acceptors (Lipinski definition) is 6. The van der Waals surface area contributed by atoms with E-state index in [2.05, 4.69) is 73.8 Å². The third-order valence-corrected chi connectivity index (χ3v) is 8.28. The van der Waals surface area contributed by atoms with E-state index in [0.29, 0.717) is 24.8 Å². The summed E-state index contributed by atoms with van der Waals surface area (Å²) in [6, 6.07) is 25.5. The molecule has 0 saturated carbocycles. The molecule has 1 N–H and O–H groups in total. The van der Waals surface area contributed by atoms with E-state index < -0.39 is 0 Å². The van der Waals surface area contributed by atoms with Crippen molar-refractivity contribution in [1.29, 1.82) is 0 Å². The Morgan fingerprint density at radius 3 is 2.40 bits per heavy atom. The minimum Gasteiger partial charge on any atom is -0.352 e. The number of benzene rings is 3. The summed E-state index contributed by atoms with van der Waals surface area (Å²) in [4.78, 5) is 22.3. The number of carbonyl (C=O) groups excluding carboxylic acids is 1. The highest BCUT2D eigenvalue weighted by Gasteiger charge is 2.26. The lowest BCUT2D eigenvalue weighted by atomic mass is 9.96. The summed E-state index contributed by atoms with van der Waals surface area (Å²) in [6.07, 6.45) is 2.79. The van der Waals surface area contributed by atoms with Gasteiger partial charge in [-0.05, 0) is 67.1 Å². The SMILES string of the molecule is Cc1ccccc1-c1noc(CN2CCC(C(=O)NCc3ccc(CN4CCc5ccccc5C4)cc3)CC2)n1. The van der Waals surface area contributed by atoms with Crippen LogP contribution in [-0.2, 0) is 37.4 Å². The van der Waals surface area contributed by atoms with Crippen molar-refractivity contribution in [2.24, 2.45) is 5.92 Å². The van der Waals surface area contributed by atoms with Gasteiger partial charge >= 0.3 is 0 Å². The average molecular weight is 536 g/mol. The zero-order chi connectivity index (χ0) is 27.3. The molecule has 3 aromatic carbocycles. The van der Waals surface area contributed by atoms with Crippen molar-refractivity contribution < 1.29 is 9.32 Å². The van der Waals surface area contributed by atoms with E-state index >= 15 is 0 Å². The molecule has 2 aliphatic heterocycles. The molecule has 40 heavy (non-hydrogen) atoms. The lowest BCUT2D eigenvalue weighted by Gasteiger charge is -2.30. The number of piperidine rings is 1. The number of carbonyl (C=O) groups is 1. The van der Waals surface area contributed by atoms with Crippen molar-refractivity contribution in [3.63, 3.8) is 0 Å². The summed E-state index contributed by atoms with van der Waals surface area (Å²) in [6.45, 7) is 7.98. The molecule has 0 unspecified atom stereocenters. The molecule has 3 heterocycles. The molecule has 0 atom stereocenters. The Balaban J connectivity index is 0.930. The Bertz CT molecular complexity index is 1440. The van der Waals surface area contributed by atoms with Crippen LogP contribution < -0.4 is 5.32 Å². The fourth-order valence-electron chi connectivity index (χ4n) is 5.84. The smallest absolute Gasteiger partial charge is 0.241 e. The van der Waals surface area contributed by atoms with Crippen LogP contribution in [0.2, 0.25) is 0 Å². The fourth-order valence-corrected chi connectivity index (χ4v) is 5.84. The first kappa shape index (κ1) is 26.4. The monoisotopic (exact) mass is 535 g/mol. The van der Waals surface area contributed by atoms with Crippen LogP contribution in [0.25, 0.3) is 11.4 Å². The normalized spacial score (nSPS) is 16.5. The van der Waals surface area contributed by atoms with Gasteiger partial charge in [0.1, 0.15) is 0 Å². The van der Waals surface area contributed by atoms with Gasteiger partial charge in [-0.2, -0.15) is 4.98 Å². The predicted molar refractivity (Wildman–Crippen MR) is 155 cm³/mol. The summed E-state index contributed by atoms with van der Waals surface area (Å²) < 4.78 is 5.52. The van der Waals surface area contributed by atoms with Crippen LogP contribution in [0.5, 0.6) is 0 Å². The molecule has 1 amide bonds. The van der Waals surface area contributed by atoms with Gasteiger partial charge in [0.15, 0.2) is 0 Å². The van der Waals surface area contributed by atoms with E-state index in [4.69, 9.17) is 4.52 Å². The van der Waals surface area contributed by atoms with E-state index in [9.17, 15) is 4.79 Å². The fraction of sp³-hybridized carbons (Fsp3) is 0.364. The molecule has 0 bridgehead atoms. The number of hydrogen-bond donors (Lipinski definition) is 1. The Hall–Kier alpha value is -3.81. The van der Waals surface area contributed by atoms with Crippen molar-refractivity contribution in [3.05, 3.63) is 107 Å². The number of rotatable bonds is 8. The highest BCUT2D eigenvalue weighted by molar-refractivity contribution is 5.78. The van der Waals surface area contributed by atoms with Crippen LogP contribution in [0.3, 0.4) is 0 Å². The van der Waals surface area contributed by atoms with Gasteiger partial charge in [0.2, 0.25) is 17.6 Å². The first-order valence-corrected chi connectivity index (χ1v) is 14.4. The molecule has 1 saturated heterocycles.